The summed E-state index contributed by atoms with van der Waals surface area (Å²) < 4.78 is 0.887. The first-order valence-electron chi connectivity index (χ1n) is 4.21. The van der Waals surface area contributed by atoms with Crippen molar-refractivity contribution < 1.29 is 4.79 Å². The number of nitrogens with zero attached hydrogens (tertiary/aromatic N) is 1. The molecule has 1 heterocycles. The molecule has 2 nitrogen and oxygen atoms in total. The van der Waals surface area contributed by atoms with Crippen LogP contribution in [0.3, 0.4) is 0 Å². The summed E-state index contributed by atoms with van der Waals surface area (Å²) in [4.78, 5) is 14.4. The molecule has 0 atom stereocenters. The Kier molecular flexibility index (Phi) is 5.12. The van der Waals surface area contributed by atoms with Gasteiger partial charge in [-0.3, -0.25) is 4.79 Å². The van der Waals surface area contributed by atoms with Crippen molar-refractivity contribution in [2.75, 3.05) is 18.9 Å². The molecule has 0 aromatic carbocycles. The van der Waals surface area contributed by atoms with E-state index in [-0.39, 0.29) is 5.91 Å². The van der Waals surface area contributed by atoms with Gasteiger partial charge in [-0.1, -0.05) is 15.9 Å². The van der Waals surface area contributed by atoms with E-state index in [2.05, 4.69) is 31.9 Å². The number of halogens is 2. The monoisotopic (exact) mass is 339 g/mol. The summed E-state index contributed by atoms with van der Waals surface area (Å²) >= 11 is 8.17. The first-order valence-corrected chi connectivity index (χ1v) is 7.00. The van der Waals surface area contributed by atoms with E-state index in [0.717, 1.165) is 27.6 Å². The lowest BCUT2D eigenvalue weighted by atomic mass is 10.4. The number of carbonyl (C=O) groups is 1. The lowest BCUT2D eigenvalue weighted by Gasteiger charge is -2.15. The number of carbonyl (C=O) groups excluding carboxylic acids is 1. The fourth-order valence-corrected chi connectivity index (χ4v) is 2.80. The molecule has 14 heavy (non-hydrogen) atoms. The molecule has 0 bridgehead atoms. The summed E-state index contributed by atoms with van der Waals surface area (Å²) in [5, 5.41) is 2.84. The van der Waals surface area contributed by atoms with Crippen LogP contribution in [0.15, 0.2) is 15.9 Å². The van der Waals surface area contributed by atoms with E-state index in [1.807, 2.05) is 18.5 Å². The second-order valence-corrected chi connectivity index (χ2v) is 5.43. The zero-order valence-electron chi connectivity index (χ0n) is 7.80. The lowest BCUT2D eigenvalue weighted by Crippen LogP contribution is -2.27. The Balaban J connectivity index is 2.61. The Morgan fingerprint density at radius 2 is 2.36 bits per heavy atom. The fourth-order valence-electron chi connectivity index (χ4n) is 1.02. The van der Waals surface area contributed by atoms with E-state index in [4.69, 9.17) is 0 Å². The highest BCUT2D eigenvalue weighted by Gasteiger charge is 2.15. The molecule has 1 aromatic heterocycles. The smallest absolute Gasteiger partial charge is 0.264 e. The molecule has 1 aromatic rings. The van der Waals surface area contributed by atoms with Gasteiger partial charge in [0.1, 0.15) is 4.88 Å². The molecule has 0 N–H and O–H groups in total. The van der Waals surface area contributed by atoms with Crippen molar-refractivity contribution in [3.8, 4) is 0 Å². The predicted molar refractivity (Wildman–Crippen MR) is 67.4 cm³/mol. The molecule has 0 saturated carbocycles. The van der Waals surface area contributed by atoms with Crippen LogP contribution in [-0.2, 0) is 0 Å². The molecule has 0 radical (unpaired) electrons. The summed E-state index contributed by atoms with van der Waals surface area (Å²) in [6, 6.07) is 1.90. The first kappa shape index (κ1) is 12.2. The van der Waals surface area contributed by atoms with Crippen LogP contribution in [-0.4, -0.2) is 29.7 Å². The van der Waals surface area contributed by atoms with Crippen molar-refractivity contribution >= 4 is 49.1 Å². The molecule has 0 fully saturated rings. The highest BCUT2D eigenvalue weighted by molar-refractivity contribution is 9.10. The molecule has 5 heteroatoms. The largest absolute Gasteiger partial charge is 0.341 e. The van der Waals surface area contributed by atoms with Gasteiger partial charge >= 0.3 is 0 Å². The Labute approximate surface area is 105 Å². The highest BCUT2D eigenvalue weighted by atomic mass is 79.9. The van der Waals surface area contributed by atoms with Gasteiger partial charge < -0.3 is 4.90 Å². The molecule has 0 spiro atoms. The Morgan fingerprint density at radius 1 is 1.64 bits per heavy atom. The van der Waals surface area contributed by atoms with Gasteiger partial charge in [0.15, 0.2) is 0 Å². The van der Waals surface area contributed by atoms with Crippen molar-refractivity contribution in [2.45, 2.75) is 6.42 Å². The summed E-state index contributed by atoms with van der Waals surface area (Å²) in [5.74, 6) is 0.0906. The number of hydrogen-bond acceptors (Lipinski definition) is 2. The molecule has 78 valence electrons. The summed E-state index contributed by atoms with van der Waals surface area (Å²) in [5.41, 5.74) is 0. The fraction of sp³-hybridized carbons (Fsp3) is 0.444. The Bertz CT molecular complexity index is 314. The van der Waals surface area contributed by atoms with Gasteiger partial charge in [0, 0.05) is 23.4 Å². The van der Waals surface area contributed by atoms with Crippen LogP contribution in [0.1, 0.15) is 16.1 Å². The maximum Gasteiger partial charge on any atom is 0.264 e. The average molecular weight is 341 g/mol. The van der Waals surface area contributed by atoms with Crippen molar-refractivity contribution in [2.24, 2.45) is 0 Å². The second kappa shape index (κ2) is 5.88. The molecule has 1 rings (SSSR count). The normalized spacial score (nSPS) is 10.2. The molecular weight excluding hydrogens is 330 g/mol. The quantitative estimate of drug-likeness (QED) is 0.769. The second-order valence-electron chi connectivity index (χ2n) is 2.87. The zero-order chi connectivity index (χ0) is 10.6. The van der Waals surface area contributed by atoms with E-state index in [1.54, 1.807) is 4.90 Å². The van der Waals surface area contributed by atoms with E-state index >= 15 is 0 Å². The van der Waals surface area contributed by atoms with Crippen LogP contribution < -0.4 is 0 Å². The van der Waals surface area contributed by atoms with Crippen LogP contribution in [0.25, 0.3) is 0 Å². The minimum Gasteiger partial charge on any atom is -0.341 e. The number of thiophene rings is 1. The number of hydrogen-bond donors (Lipinski definition) is 0. The molecule has 1 amide bonds. The number of amides is 1. The third kappa shape index (κ3) is 3.07. The average Bonchev–Trinajstić information content (AvgIpc) is 2.59. The van der Waals surface area contributed by atoms with Gasteiger partial charge in [-0.05, 0) is 33.8 Å². The zero-order valence-corrected chi connectivity index (χ0v) is 11.8. The van der Waals surface area contributed by atoms with Gasteiger partial charge in [-0.15, -0.1) is 11.3 Å². The summed E-state index contributed by atoms with van der Waals surface area (Å²) in [7, 11) is 1.83. The van der Waals surface area contributed by atoms with E-state index < -0.39 is 0 Å². The third-order valence-corrected chi connectivity index (χ3v) is 4.17. The lowest BCUT2D eigenvalue weighted by molar-refractivity contribution is 0.0799. The maximum absolute atomic E-state index is 11.8. The third-order valence-electron chi connectivity index (χ3n) is 1.79. The van der Waals surface area contributed by atoms with Gasteiger partial charge in [-0.2, -0.15) is 0 Å². The van der Waals surface area contributed by atoms with Crippen LogP contribution in [0, 0.1) is 0 Å². The number of alkyl halides is 1. The van der Waals surface area contributed by atoms with E-state index in [0.29, 0.717) is 0 Å². The van der Waals surface area contributed by atoms with Gasteiger partial charge in [0.05, 0.1) is 0 Å². The highest BCUT2D eigenvalue weighted by Crippen LogP contribution is 2.23. The predicted octanol–water partition coefficient (Wildman–Crippen LogP) is 3.37. The summed E-state index contributed by atoms with van der Waals surface area (Å²) in [6.07, 6.45) is 0.977. The van der Waals surface area contributed by atoms with Crippen LogP contribution >= 0.6 is 43.2 Å². The van der Waals surface area contributed by atoms with Crippen molar-refractivity contribution in [1.82, 2.24) is 4.90 Å². The van der Waals surface area contributed by atoms with Crippen LogP contribution in [0.2, 0.25) is 0 Å². The Morgan fingerprint density at radius 3 is 2.86 bits per heavy atom. The van der Waals surface area contributed by atoms with E-state index in [9.17, 15) is 4.79 Å². The van der Waals surface area contributed by atoms with Crippen molar-refractivity contribution in [1.29, 1.82) is 0 Å². The topological polar surface area (TPSA) is 20.3 Å². The molecule has 0 aliphatic carbocycles. The van der Waals surface area contributed by atoms with Gasteiger partial charge in [0.25, 0.3) is 5.91 Å². The molecule has 0 aliphatic heterocycles. The van der Waals surface area contributed by atoms with Crippen molar-refractivity contribution in [3.63, 3.8) is 0 Å². The van der Waals surface area contributed by atoms with Crippen LogP contribution in [0.5, 0.6) is 0 Å². The minimum absolute atomic E-state index is 0.0906. The van der Waals surface area contributed by atoms with Crippen LogP contribution in [0.4, 0.5) is 0 Å². The van der Waals surface area contributed by atoms with Gasteiger partial charge in [-0.25, -0.2) is 0 Å². The Hall–Kier alpha value is 0.130. The molecule has 0 unspecified atom stereocenters. The van der Waals surface area contributed by atoms with Gasteiger partial charge in [0.2, 0.25) is 0 Å². The summed E-state index contributed by atoms with van der Waals surface area (Å²) in [6.45, 7) is 0.786. The standard InChI is InChI=1S/C9H11Br2NOS/c1-12(5-2-4-10)9(13)8-7(11)3-6-14-8/h3,6H,2,4-5H2,1H3. The molecule has 0 aliphatic rings. The molecular formula is C9H11Br2NOS. The first-order chi connectivity index (χ1) is 6.66. The molecule has 0 saturated heterocycles. The van der Waals surface area contributed by atoms with E-state index in [1.165, 1.54) is 11.3 Å². The SMILES string of the molecule is CN(CCCBr)C(=O)c1sccc1Br. The van der Waals surface area contributed by atoms with Crippen molar-refractivity contribution in [3.05, 3.63) is 20.8 Å². The number of rotatable bonds is 4. The maximum atomic E-state index is 11.8. The minimum atomic E-state index is 0.0906.